The molecule has 2 aliphatic rings. The molecule has 26 heavy (non-hydrogen) atoms. The number of ketones is 1. The Morgan fingerprint density at radius 2 is 1.88 bits per heavy atom. The first-order chi connectivity index (χ1) is 12.3. The van der Waals surface area contributed by atoms with Gasteiger partial charge in [0, 0.05) is 6.54 Å². The number of esters is 2. The number of para-hydroxylation sites is 1. The van der Waals surface area contributed by atoms with Crippen LogP contribution in [0.15, 0.2) is 24.3 Å². The van der Waals surface area contributed by atoms with E-state index in [4.69, 9.17) is 14.2 Å². The number of rotatable bonds is 4. The van der Waals surface area contributed by atoms with Crippen LogP contribution in [-0.2, 0) is 19.1 Å². The average molecular weight is 361 g/mol. The van der Waals surface area contributed by atoms with Gasteiger partial charge in [0.25, 0.3) is 0 Å². The third-order valence-electron chi connectivity index (χ3n) is 5.19. The van der Waals surface area contributed by atoms with Crippen molar-refractivity contribution in [3.8, 4) is 5.75 Å². The fourth-order valence-electron chi connectivity index (χ4n) is 4.15. The van der Waals surface area contributed by atoms with E-state index in [1.165, 1.54) is 14.2 Å². The van der Waals surface area contributed by atoms with Crippen molar-refractivity contribution in [2.24, 2.45) is 11.3 Å². The first-order valence-electron chi connectivity index (χ1n) is 8.56. The molecule has 1 saturated heterocycles. The van der Waals surface area contributed by atoms with Gasteiger partial charge in [0.2, 0.25) is 0 Å². The summed E-state index contributed by atoms with van der Waals surface area (Å²) in [6, 6.07) is 6.71. The Kier molecular flexibility index (Phi) is 4.52. The van der Waals surface area contributed by atoms with Gasteiger partial charge >= 0.3 is 11.9 Å². The second kappa shape index (κ2) is 6.39. The van der Waals surface area contributed by atoms with Gasteiger partial charge in [0.05, 0.1) is 19.8 Å². The van der Waals surface area contributed by atoms with E-state index >= 15 is 0 Å². The van der Waals surface area contributed by atoms with Gasteiger partial charge < -0.3 is 14.2 Å². The molecule has 0 amide bonds. The molecule has 2 aliphatic heterocycles. The summed E-state index contributed by atoms with van der Waals surface area (Å²) >= 11 is 0. The molecule has 1 fully saturated rings. The lowest BCUT2D eigenvalue weighted by molar-refractivity contribution is -0.160. The Balaban J connectivity index is 2.22. The summed E-state index contributed by atoms with van der Waals surface area (Å²) in [5.41, 5.74) is -2.65. The maximum absolute atomic E-state index is 13.3. The van der Waals surface area contributed by atoms with Gasteiger partial charge in [-0.2, -0.15) is 0 Å². The number of ether oxygens (including phenoxy) is 3. The molecule has 3 atom stereocenters. The van der Waals surface area contributed by atoms with Gasteiger partial charge in [-0.15, -0.1) is 0 Å². The monoisotopic (exact) mass is 361 g/mol. The van der Waals surface area contributed by atoms with Crippen LogP contribution >= 0.6 is 0 Å². The van der Waals surface area contributed by atoms with Crippen molar-refractivity contribution < 1.29 is 28.6 Å². The normalized spacial score (nSPS) is 29.6. The third-order valence-corrected chi connectivity index (χ3v) is 5.19. The SMILES string of the molecule is COC(=O)[C@@]12CN[C@@](CC(C)C)(C(=O)OC)[C@@H]1Oc1ccccc1C2=O. The molecule has 1 aromatic rings. The molecule has 140 valence electrons. The molecule has 0 aromatic heterocycles. The Morgan fingerprint density at radius 1 is 1.23 bits per heavy atom. The summed E-state index contributed by atoms with van der Waals surface area (Å²) < 4.78 is 16.1. The van der Waals surface area contributed by atoms with Crippen LogP contribution in [0.3, 0.4) is 0 Å². The quantitative estimate of drug-likeness (QED) is 0.639. The Hall–Kier alpha value is -2.41. The predicted octanol–water partition coefficient (Wildman–Crippen LogP) is 1.35. The zero-order valence-electron chi connectivity index (χ0n) is 15.3. The minimum Gasteiger partial charge on any atom is -0.485 e. The van der Waals surface area contributed by atoms with Crippen LogP contribution in [0, 0.1) is 11.3 Å². The van der Waals surface area contributed by atoms with E-state index < -0.39 is 34.8 Å². The van der Waals surface area contributed by atoms with Crippen LogP contribution < -0.4 is 10.1 Å². The highest BCUT2D eigenvalue weighted by atomic mass is 16.5. The van der Waals surface area contributed by atoms with Crippen molar-refractivity contribution >= 4 is 17.7 Å². The number of benzene rings is 1. The highest BCUT2D eigenvalue weighted by Gasteiger charge is 2.72. The lowest BCUT2D eigenvalue weighted by Gasteiger charge is -2.41. The fraction of sp³-hybridized carbons (Fsp3) is 0.526. The van der Waals surface area contributed by atoms with E-state index in [-0.39, 0.29) is 12.5 Å². The van der Waals surface area contributed by atoms with Crippen molar-refractivity contribution in [2.75, 3.05) is 20.8 Å². The van der Waals surface area contributed by atoms with Crippen molar-refractivity contribution in [3.63, 3.8) is 0 Å². The molecule has 0 aliphatic carbocycles. The Labute approximate surface area is 152 Å². The summed E-state index contributed by atoms with van der Waals surface area (Å²) in [7, 11) is 2.51. The average Bonchev–Trinajstić information content (AvgIpc) is 2.96. The van der Waals surface area contributed by atoms with Crippen molar-refractivity contribution in [1.82, 2.24) is 5.32 Å². The van der Waals surface area contributed by atoms with Gasteiger partial charge in [-0.05, 0) is 24.5 Å². The summed E-state index contributed by atoms with van der Waals surface area (Å²) in [6.07, 6.45) is -0.710. The van der Waals surface area contributed by atoms with Crippen molar-refractivity contribution in [3.05, 3.63) is 29.8 Å². The molecule has 7 heteroatoms. The second-order valence-electron chi connectivity index (χ2n) is 7.20. The molecular formula is C19H23NO6. The summed E-state index contributed by atoms with van der Waals surface area (Å²) in [5.74, 6) is -1.25. The molecule has 0 saturated carbocycles. The number of carbonyl (C=O) groups excluding carboxylic acids is 3. The van der Waals surface area contributed by atoms with Crippen molar-refractivity contribution in [2.45, 2.75) is 31.9 Å². The van der Waals surface area contributed by atoms with Gasteiger partial charge in [-0.1, -0.05) is 26.0 Å². The van der Waals surface area contributed by atoms with Crippen LogP contribution in [-0.4, -0.2) is 50.1 Å². The van der Waals surface area contributed by atoms with Gasteiger partial charge in [-0.3, -0.25) is 14.9 Å². The third kappa shape index (κ3) is 2.34. The minimum atomic E-state index is -1.63. The number of methoxy groups -OCH3 is 2. The van der Waals surface area contributed by atoms with Gasteiger partial charge in [0.15, 0.2) is 22.8 Å². The van der Waals surface area contributed by atoms with Crippen LogP contribution in [0.25, 0.3) is 0 Å². The summed E-state index contributed by atoms with van der Waals surface area (Å²) in [4.78, 5) is 38.9. The molecule has 0 unspecified atom stereocenters. The minimum absolute atomic E-state index is 0.0562. The van der Waals surface area contributed by atoms with Gasteiger partial charge in [-0.25, -0.2) is 4.79 Å². The van der Waals surface area contributed by atoms with Crippen LogP contribution in [0.1, 0.15) is 30.6 Å². The van der Waals surface area contributed by atoms with Gasteiger partial charge in [0.1, 0.15) is 5.75 Å². The first kappa shape index (κ1) is 18.4. The standard InChI is InChI=1S/C19H23NO6/c1-11(2)9-19(17(23)25-4)15-18(10-20-19,16(22)24-3)14(21)12-7-5-6-8-13(12)26-15/h5-8,11,15,20H,9-10H2,1-4H3/t15-,18-,19-/m1/s1. The van der Waals surface area contributed by atoms with Crippen LogP contribution in [0.2, 0.25) is 0 Å². The van der Waals surface area contributed by atoms with E-state index in [1.807, 2.05) is 13.8 Å². The van der Waals surface area contributed by atoms with E-state index in [0.717, 1.165) is 0 Å². The maximum Gasteiger partial charge on any atom is 0.330 e. The molecule has 1 N–H and O–H groups in total. The van der Waals surface area contributed by atoms with Crippen LogP contribution in [0.4, 0.5) is 0 Å². The van der Waals surface area contributed by atoms with Crippen LogP contribution in [0.5, 0.6) is 5.75 Å². The number of carbonyl (C=O) groups is 3. The van der Waals surface area contributed by atoms with Crippen molar-refractivity contribution in [1.29, 1.82) is 0 Å². The summed E-state index contributed by atoms with van der Waals surface area (Å²) in [6.45, 7) is 3.84. The second-order valence-corrected chi connectivity index (χ2v) is 7.20. The zero-order chi connectivity index (χ0) is 19.1. The Bertz CT molecular complexity index is 760. The molecule has 7 nitrogen and oxygen atoms in total. The number of fused-ring (bicyclic) bond motifs is 2. The lowest BCUT2D eigenvalue weighted by atomic mass is 9.69. The predicted molar refractivity (Wildman–Crippen MR) is 91.8 cm³/mol. The fourth-order valence-corrected chi connectivity index (χ4v) is 4.15. The molecule has 0 radical (unpaired) electrons. The maximum atomic E-state index is 13.3. The first-order valence-corrected chi connectivity index (χ1v) is 8.56. The van der Waals surface area contributed by atoms with E-state index in [2.05, 4.69) is 5.32 Å². The highest BCUT2D eigenvalue weighted by molar-refractivity contribution is 6.16. The molecule has 0 spiro atoms. The molecular weight excluding hydrogens is 338 g/mol. The highest BCUT2D eigenvalue weighted by Crippen LogP contribution is 2.49. The van der Waals surface area contributed by atoms with E-state index in [1.54, 1.807) is 24.3 Å². The molecule has 0 bridgehead atoms. The molecule has 2 heterocycles. The number of hydrogen-bond acceptors (Lipinski definition) is 7. The smallest absolute Gasteiger partial charge is 0.330 e. The Morgan fingerprint density at radius 3 is 2.50 bits per heavy atom. The summed E-state index contributed by atoms with van der Waals surface area (Å²) in [5, 5.41) is 3.09. The van der Waals surface area contributed by atoms with E-state index in [0.29, 0.717) is 17.7 Å². The number of Topliss-reactive ketones (excluding diaryl/α,β-unsaturated/α-hetero) is 1. The molecule has 3 rings (SSSR count). The largest absolute Gasteiger partial charge is 0.485 e. The lowest BCUT2D eigenvalue weighted by Crippen LogP contribution is -2.64. The molecule has 1 aromatic carbocycles. The van der Waals surface area contributed by atoms with E-state index in [9.17, 15) is 14.4 Å². The zero-order valence-corrected chi connectivity index (χ0v) is 15.3. The number of nitrogens with one attached hydrogen (secondary N) is 1. The number of hydrogen-bond donors (Lipinski definition) is 1. The topological polar surface area (TPSA) is 90.9 Å².